The quantitative estimate of drug-likeness (QED) is 0.698. The topological polar surface area (TPSA) is 54.6 Å². The molecule has 0 atom stereocenters. The summed E-state index contributed by atoms with van der Waals surface area (Å²) in [5.41, 5.74) is 2.08. The molecule has 0 radical (unpaired) electrons. The molecule has 18 heavy (non-hydrogen) atoms. The van der Waals surface area contributed by atoms with E-state index < -0.39 is 0 Å². The first-order valence-electron chi connectivity index (χ1n) is 5.50. The summed E-state index contributed by atoms with van der Waals surface area (Å²) in [7, 11) is 0. The third-order valence-corrected chi connectivity index (χ3v) is 2.84. The van der Waals surface area contributed by atoms with Crippen molar-refractivity contribution in [1.29, 1.82) is 0 Å². The van der Waals surface area contributed by atoms with Crippen LogP contribution >= 0.6 is 0 Å². The fourth-order valence-electron chi connectivity index (χ4n) is 1.95. The molecule has 3 aromatic rings. The molecule has 0 aliphatic carbocycles. The number of nitrogens with zero attached hydrogens (tertiary/aromatic N) is 2. The first kappa shape index (κ1) is 10.5. The maximum absolute atomic E-state index is 10.7. The molecule has 0 amide bonds. The fourth-order valence-corrected chi connectivity index (χ4v) is 1.95. The summed E-state index contributed by atoms with van der Waals surface area (Å²) in [5, 5.41) is 9.83. The molecular formula is C14H10N2O2. The number of hydrogen-bond acceptors (Lipinski definition) is 3. The number of benzene rings is 1. The molecule has 0 unspecified atom stereocenters. The van der Waals surface area contributed by atoms with Gasteiger partial charge in [-0.3, -0.25) is 9.20 Å². The van der Waals surface area contributed by atoms with Gasteiger partial charge < -0.3 is 5.11 Å². The van der Waals surface area contributed by atoms with Crippen molar-refractivity contribution >= 4 is 11.8 Å². The highest BCUT2D eigenvalue weighted by molar-refractivity contribution is 5.78. The number of aldehydes is 1. The van der Waals surface area contributed by atoms with Crippen molar-refractivity contribution in [2.75, 3.05) is 0 Å². The smallest absolute Gasteiger partial charge is 0.150 e. The number of aromatic nitrogens is 2. The van der Waals surface area contributed by atoms with E-state index in [2.05, 4.69) is 4.98 Å². The van der Waals surface area contributed by atoms with Crippen LogP contribution < -0.4 is 0 Å². The molecule has 0 fully saturated rings. The zero-order valence-corrected chi connectivity index (χ0v) is 9.45. The van der Waals surface area contributed by atoms with Crippen molar-refractivity contribution in [3.8, 4) is 17.1 Å². The largest absolute Gasteiger partial charge is 0.507 e. The van der Waals surface area contributed by atoms with E-state index in [0.717, 1.165) is 11.8 Å². The number of para-hydroxylation sites is 1. The highest BCUT2D eigenvalue weighted by Crippen LogP contribution is 2.28. The minimum atomic E-state index is 0.185. The van der Waals surface area contributed by atoms with Gasteiger partial charge in [-0.05, 0) is 24.3 Å². The Morgan fingerprint density at radius 2 is 2.06 bits per heavy atom. The second-order valence-electron chi connectivity index (χ2n) is 3.97. The SMILES string of the molecule is O=Cc1ccn2c(-c3ccccc3O)ncc2c1. The molecule has 2 aromatic heterocycles. The van der Waals surface area contributed by atoms with Crippen molar-refractivity contribution in [3.63, 3.8) is 0 Å². The first-order valence-corrected chi connectivity index (χ1v) is 5.50. The van der Waals surface area contributed by atoms with Crippen molar-refractivity contribution < 1.29 is 9.90 Å². The number of hydrogen-bond donors (Lipinski definition) is 1. The Labute approximate surface area is 103 Å². The molecule has 2 heterocycles. The van der Waals surface area contributed by atoms with Gasteiger partial charge in [-0.2, -0.15) is 0 Å². The lowest BCUT2D eigenvalue weighted by molar-refractivity contribution is 0.112. The Morgan fingerprint density at radius 1 is 1.22 bits per heavy atom. The van der Waals surface area contributed by atoms with E-state index >= 15 is 0 Å². The lowest BCUT2D eigenvalue weighted by Gasteiger charge is -2.03. The molecule has 4 heteroatoms. The van der Waals surface area contributed by atoms with Crippen molar-refractivity contribution in [2.45, 2.75) is 0 Å². The number of phenols is 1. The number of carbonyl (C=O) groups excluding carboxylic acids is 1. The Kier molecular flexibility index (Phi) is 2.34. The summed E-state index contributed by atoms with van der Waals surface area (Å²) in [6.07, 6.45) is 4.25. The normalized spacial score (nSPS) is 10.7. The Morgan fingerprint density at radius 3 is 2.83 bits per heavy atom. The minimum absolute atomic E-state index is 0.185. The van der Waals surface area contributed by atoms with E-state index in [0.29, 0.717) is 17.0 Å². The second kappa shape index (κ2) is 4.00. The van der Waals surface area contributed by atoms with Crippen LogP contribution in [0, 0.1) is 0 Å². The van der Waals surface area contributed by atoms with E-state index in [-0.39, 0.29) is 5.75 Å². The molecule has 3 rings (SSSR count). The summed E-state index contributed by atoms with van der Waals surface area (Å²) >= 11 is 0. The van der Waals surface area contributed by atoms with Gasteiger partial charge in [0, 0.05) is 11.8 Å². The average molecular weight is 238 g/mol. The predicted molar refractivity (Wildman–Crippen MR) is 67.7 cm³/mol. The lowest BCUT2D eigenvalue weighted by atomic mass is 10.2. The number of fused-ring (bicyclic) bond motifs is 1. The number of imidazole rings is 1. The number of carbonyl (C=O) groups is 1. The Hall–Kier alpha value is -2.62. The van der Waals surface area contributed by atoms with Crippen LogP contribution in [0.2, 0.25) is 0 Å². The van der Waals surface area contributed by atoms with Gasteiger partial charge in [0.15, 0.2) is 0 Å². The van der Waals surface area contributed by atoms with E-state index in [1.807, 2.05) is 10.5 Å². The summed E-state index contributed by atoms with van der Waals surface area (Å²) in [5.74, 6) is 0.838. The maximum atomic E-state index is 10.7. The van der Waals surface area contributed by atoms with Crippen LogP contribution in [-0.2, 0) is 0 Å². The monoisotopic (exact) mass is 238 g/mol. The van der Waals surface area contributed by atoms with Crippen LogP contribution in [-0.4, -0.2) is 20.8 Å². The molecule has 88 valence electrons. The van der Waals surface area contributed by atoms with Crippen molar-refractivity contribution in [1.82, 2.24) is 9.38 Å². The minimum Gasteiger partial charge on any atom is -0.507 e. The molecule has 4 nitrogen and oxygen atoms in total. The second-order valence-corrected chi connectivity index (χ2v) is 3.97. The van der Waals surface area contributed by atoms with Crippen molar-refractivity contribution in [3.05, 3.63) is 54.4 Å². The number of pyridine rings is 1. The molecule has 1 aromatic carbocycles. The van der Waals surface area contributed by atoms with Gasteiger partial charge >= 0.3 is 0 Å². The number of phenolic OH excluding ortho intramolecular Hbond substituents is 1. The van der Waals surface area contributed by atoms with Crippen LogP contribution in [0.25, 0.3) is 16.9 Å². The van der Waals surface area contributed by atoms with Crippen LogP contribution in [0.3, 0.4) is 0 Å². The number of aromatic hydroxyl groups is 1. The third-order valence-electron chi connectivity index (χ3n) is 2.84. The predicted octanol–water partition coefficient (Wildman–Crippen LogP) is 2.52. The lowest BCUT2D eigenvalue weighted by Crippen LogP contribution is -1.91. The highest BCUT2D eigenvalue weighted by atomic mass is 16.3. The van der Waals surface area contributed by atoms with E-state index in [4.69, 9.17) is 0 Å². The third kappa shape index (κ3) is 1.55. The van der Waals surface area contributed by atoms with Gasteiger partial charge in [0.1, 0.15) is 17.9 Å². The van der Waals surface area contributed by atoms with Crippen LogP contribution in [0.4, 0.5) is 0 Å². The molecule has 0 aliphatic rings. The standard InChI is InChI=1S/C14H10N2O2/c17-9-10-5-6-16-11(7-10)8-15-14(16)12-3-1-2-4-13(12)18/h1-9,18H. The molecule has 0 saturated heterocycles. The molecule has 1 N–H and O–H groups in total. The van der Waals surface area contributed by atoms with Gasteiger partial charge in [-0.25, -0.2) is 4.98 Å². The highest BCUT2D eigenvalue weighted by Gasteiger charge is 2.09. The maximum Gasteiger partial charge on any atom is 0.150 e. The molecule has 0 aliphatic heterocycles. The first-order chi connectivity index (χ1) is 8.79. The molecular weight excluding hydrogens is 228 g/mol. The van der Waals surface area contributed by atoms with Crippen LogP contribution in [0.5, 0.6) is 5.75 Å². The van der Waals surface area contributed by atoms with Gasteiger partial charge in [0.25, 0.3) is 0 Å². The van der Waals surface area contributed by atoms with Crippen LogP contribution in [0.1, 0.15) is 10.4 Å². The van der Waals surface area contributed by atoms with Gasteiger partial charge in [0.05, 0.1) is 17.3 Å². The average Bonchev–Trinajstić information content (AvgIpc) is 2.82. The molecule has 0 bridgehead atoms. The zero-order valence-electron chi connectivity index (χ0n) is 9.45. The number of rotatable bonds is 2. The van der Waals surface area contributed by atoms with Crippen molar-refractivity contribution in [2.24, 2.45) is 0 Å². The summed E-state index contributed by atoms with van der Waals surface area (Å²) in [6.45, 7) is 0. The molecule has 0 spiro atoms. The van der Waals surface area contributed by atoms with Gasteiger partial charge in [-0.1, -0.05) is 12.1 Å². The van der Waals surface area contributed by atoms with Crippen LogP contribution in [0.15, 0.2) is 48.8 Å². The van der Waals surface area contributed by atoms with Gasteiger partial charge in [-0.15, -0.1) is 0 Å². The summed E-state index contributed by atoms with van der Waals surface area (Å²) in [6, 6.07) is 10.5. The fraction of sp³-hybridized carbons (Fsp3) is 0. The van der Waals surface area contributed by atoms with E-state index in [1.165, 1.54) is 0 Å². The molecule has 0 saturated carbocycles. The summed E-state index contributed by atoms with van der Waals surface area (Å²) in [4.78, 5) is 15.0. The van der Waals surface area contributed by atoms with E-state index in [1.54, 1.807) is 42.7 Å². The van der Waals surface area contributed by atoms with E-state index in [9.17, 15) is 9.90 Å². The zero-order chi connectivity index (χ0) is 12.5. The summed E-state index contributed by atoms with van der Waals surface area (Å²) < 4.78 is 1.84. The van der Waals surface area contributed by atoms with Gasteiger partial charge in [0.2, 0.25) is 0 Å². The Bertz CT molecular complexity index is 731. The Balaban J connectivity index is 2.25.